The number of carbonyl (C=O) groups excluding carboxylic acids is 1. The number of carboxylic acid groups (broad SMARTS) is 1. The molecule has 138 valence electrons. The average molecular weight is 414 g/mol. The normalized spacial score (nSPS) is 11.9. The van der Waals surface area contributed by atoms with Crippen LogP contribution < -0.4 is 5.32 Å². The first-order valence-corrected chi connectivity index (χ1v) is 9.30. The fourth-order valence-corrected chi connectivity index (χ4v) is 3.61. The minimum Gasteiger partial charge on any atom is -0.479 e. The van der Waals surface area contributed by atoms with Crippen molar-refractivity contribution in [1.29, 1.82) is 0 Å². The van der Waals surface area contributed by atoms with Crippen molar-refractivity contribution in [1.82, 2.24) is 5.32 Å². The first-order valence-electron chi connectivity index (χ1n) is 7.66. The number of Topliss-reactive ketones (excluding diaryl/α,β-unsaturated/α-hetero) is 1. The van der Waals surface area contributed by atoms with Gasteiger partial charge < -0.3 is 9.84 Å². The third kappa shape index (κ3) is 7.35. The molecule has 0 aliphatic heterocycles. The molecule has 2 rings (SSSR count). The van der Waals surface area contributed by atoms with Crippen molar-refractivity contribution in [3.63, 3.8) is 0 Å². The number of hydrogen-bond acceptors (Lipinski definition) is 5. The Morgan fingerprint density at radius 1 is 1.12 bits per heavy atom. The smallest absolute Gasteiger partial charge is 0.331 e. The first-order chi connectivity index (χ1) is 12.4. The molecule has 2 aromatic rings. The fourth-order valence-electron chi connectivity index (χ4n) is 2.03. The molecule has 0 amide bonds. The molecule has 0 aliphatic rings. The quantitative estimate of drug-likeness (QED) is 0.454. The highest BCUT2D eigenvalue weighted by Gasteiger charge is 2.20. The molecule has 0 fully saturated rings. The molecule has 8 heteroatoms. The van der Waals surface area contributed by atoms with Crippen LogP contribution in [0.3, 0.4) is 0 Å². The Hall–Kier alpha value is -1.57. The zero-order valence-corrected chi connectivity index (χ0v) is 16.0. The van der Waals surface area contributed by atoms with Crippen molar-refractivity contribution in [2.24, 2.45) is 0 Å². The summed E-state index contributed by atoms with van der Waals surface area (Å²) in [6.07, 6.45) is 0. The van der Waals surface area contributed by atoms with Crippen LogP contribution in [0, 0.1) is 0 Å². The van der Waals surface area contributed by atoms with Gasteiger partial charge in [0.15, 0.2) is 11.2 Å². The van der Waals surface area contributed by atoms with Crippen LogP contribution in [0.1, 0.15) is 5.56 Å². The highest BCUT2D eigenvalue weighted by atomic mass is 35.5. The first kappa shape index (κ1) is 20.7. The van der Waals surface area contributed by atoms with Crippen LogP contribution in [0.2, 0.25) is 10.0 Å². The van der Waals surface area contributed by atoms with Crippen LogP contribution in [0.15, 0.2) is 53.4 Å². The number of ketones is 1. The molecule has 2 aromatic carbocycles. The Morgan fingerprint density at radius 2 is 1.77 bits per heavy atom. The number of ether oxygens (including phenoxy) is 1. The van der Waals surface area contributed by atoms with E-state index in [9.17, 15) is 14.7 Å². The SMILES string of the molecule is O=C(CNC(Sc1cc(Cl)cc(Cl)c1)C(=O)O)COCc1ccccc1. The second kappa shape index (κ2) is 10.5. The molecule has 0 saturated heterocycles. The zero-order valence-electron chi connectivity index (χ0n) is 13.7. The van der Waals surface area contributed by atoms with Crippen LogP contribution >= 0.6 is 35.0 Å². The number of benzene rings is 2. The summed E-state index contributed by atoms with van der Waals surface area (Å²) < 4.78 is 5.35. The molecule has 0 radical (unpaired) electrons. The van der Waals surface area contributed by atoms with E-state index in [0.29, 0.717) is 21.5 Å². The largest absolute Gasteiger partial charge is 0.479 e. The standard InChI is InChI=1S/C18H17Cl2NO4S/c19-13-6-14(20)8-16(7-13)26-17(18(23)24)21-9-15(22)11-25-10-12-4-2-1-3-5-12/h1-8,17,21H,9-11H2,(H,23,24). The highest BCUT2D eigenvalue weighted by Crippen LogP contribution is 2.28. The van der Waals surface area contributed by atoms with Gasteiger partial charge in [0, 0.05) is 14.9 Å². The predicted octanol–water partition coefficient (Wildman–Crippen LogP) is 3.87. The molecule has 0 bridgehead atoms. The van der Waals surface area contributed by atoms with E-state index in [2.05, 4.69) is 5.32 Å². The number of hydrogen-bond donors (Lipinski definition) is 2. The Bertz CT molecular complexity index is 738. The van der Waals surface area contributed by atoms with E-state index in [1.54, 1.807) is 18.2 Å². The summed E-state index contributed by atoms with van der Waals surface area (Å²) in [5, 5.41) is 11.8. The monoisotopic (exact) mass is 413 g/mol. The molecule has 1 unspecified atom stereocenters. The van der Waals surface area contributed by atoms with Crippen molar-refractivity contribution in [2.75, 3.05) is 13.2 Å². The van der Waals surface area contributed by atoms with Gasteiger partial charge in [-0.25, -0.2) is 4.79 Å². The van der Waals surface area contributed by atoms with Gasteiger partial charge >= 0.3 is 5.97 Å². The van der Waals surface area contributed by atoms with E-state index in [1.807, 2.05) is 30.3 Å². The maximum absolute atomic E-state index is 11.9. The Balaban J connectivity index is 1.80. The molecule has 0 saturated carbocycles. The maximum Gasteiger partial charge on any atom is 0.331 e. The van der Waals surface area contributed by atoms with Crippen LogP contribution in [0.25, 0.3) is 0 Å². The molecule has 1 atom stereocenters. The van der Waals surface area contributed by atoms with E-state index >= 15 is 0 Å². The molecule has 0 spiro atoms. The van der Waals surface area contributed by atoms with E-state index < -0.39 is 11.3 Å². The highest BCUT2D eigenvalue weighted by molar-refractivity contribution is 8.00. The molecule has 2 N–H and O–H groups in total. The molecular formula is C18H17Cl2NO4S. The van der Waals surface area contributed by atoms with Crippen LogP contribution in [-0.4, -0.2) is 35.4 Å². The van der Waals surface area contributed by atoms with Gasteiger partial charge in [0.2, 0.25) is 0 Å². The predicted molar refractivity (Wildman–Crippen MR) is 103 cm³/mol. The van der Waals surface area contributed by atoms with Gasteiger partial charge in [-0.15, -0.1) is 0 Å². The lowest BCUT2D eigenvalue weighted by Crippen LogP contribution is -2.38. The lowest BCUT2D eigenvalue weighted by molar-refractivity contribution is -0.137. The van der Waals surface area contributed by atoms with Crippen LogP contribution in [0.4, 0.5) is 0 Å². The molecular weight excluding hydrogens is 397 g/mol. The average Bonchev–Trinajstić information content (AvgIpc) is 2.58. The summed E-state index contributed by atoms with van der Waals surface area (Å²) in [4.78, 5) is 23.9. The van der Waals surface area contributed by atoms with E-state index in [4.69, 9.17) is 27.9 Å². The van der Waals surface area contributed by atoms with Gasteiger partial charge in [-0.1, -0.05) is 65.3 Å². The molecule has 5 nitrogen and oxygen atoms in total. The molecule has 0 aromatic heterocycles. The third-order valence-electron chi connectivity index (χ3n) is 3.17. The van der Waals surface area contributed by atoms with E-state index in [0.717, 1.165) is 17.3 Å². The summed E-state index contributed by atoms with van der Waals surface area (Å²) >= 11 is 12.8. The number of rotatable bonds is 10. The lowest BCUT2D eigenvalue weighted by Gasteiger charge is -2.14. The van der Waals surface area contributed by atoms with Gasteiger partial charge in [0.25, 0.3) is 0 Å². The van der Waals surface area contributed by atoms with Crippen molar-refractivity contribution < 1.29 is 19.4 Å². The summed E-state index contributed by atoms with van der Waals surface area (Å²) in [7, 11) is 0. The second-order valence-corrected chi connectivity index (χ2v) is 7.39. The summed E-state index contributed by atoms with van der Waals surface area (Å²) in [6, 6.07) is 14.3. The molecule has 0 aliphatic carbocycles. The van der Waals surface area contributed by atoms with E-state index in [-0.39, 0.29) is 18.9 Å². The third-order valence-corrected chi connectivity index (χ3v) is 4.72. The minimum atomic E-state index is -1.09. The number of carboxylic acids is 1. The van der Waals surface area contributed by atoms with Gasteiger partial charge in [-0.2, -0.15) is 0 Å². The summed E-state index contributed by atoms with van der Waals surface area (Å²) in [5.74, 6) is -1.33. The Kier molecular flexibility index (Phi) is 8.41. The topological polar surface area (TPSA) is 75.6 Å². The maximum atomic E-state index is 11.9. The van der Waals surface area contributed by atoms with Crippen LogP contribution in [0.5, 0.6) is 0 Å². The van der Waals surface area contributed by atoms with Gasteiger partial charge in [0.05, 0.1) is 13.2 Å². The molecule has 26 heavy (non-hydrogen) atoms. The number of thioether (sulfide) groups is 1. The number of aliphatic carboxylic acids is 1. The van der Waals surface area contributed by atoms with Crippen molar-refractivity contribution in [3.8, 4) is 0 Å². The Labute approximate surface area is 165 Å². The fraction of sp³-hybridized carbons (Fsp3) is 0.222. The zero-order chi connectivity index (χ0) is 18.9. The summed E-state index contributed by atoms with van der Waals surface area (Å²) in [5.41, 5.74) is 0.963. The number of halogens is 2. The van der Waals surface area contributed by atoms with Crippen molar-refractivity contribution >= 4 is 46.7 Å². The minimum absolute atomic E-state index is 0.0953. The number of carbonyl (C=O) groups is 2. The second-order valence-electron chi connectivity index (χ2n) is 5.34. The van der Waals surface area contributed by atoms with Gasteiger partial charge in [0.1, 0.15) is 6.61 Å². The Morgan fingerprint density at radius 3 is 2.38 bits per heavy atom. The summed E-state index contributed by atoms with van der Waals surface area (Å²) in [6.45, 7) is 0.111. The van der Waals surface area contributed by atoms with Crippen molar-refractivity contribution in [3.05, 3.63) is 64.1 Å². The molecule has 0 heterocycles. The van der Waals surface area contributed by atoms with Gasteiger partial charge in [-0.3, -0.25) is 10.1 Å². The number of nitrogens with one attached hydrogen (secondary N) is 1. The van der Waals surface area contributed by atoms with Crippen LogP contribution in [-0.2, 0) is 20.9 Å². The lowest BCUT2D eigenvalue weighted by atomic mass is 10.2. The van der Waals surface area contributed by atoms with Gasteiger partial charge in [-0.05, 0) is 23.8 Å². The van der Waals surface area contributed by atoms with E-state index in [1.165, 1.54) is 0 Å². The van der Waals surface area contributed by atoms with Crippen molar-refractivity contribution in [2.45, 2.75) is 16.9 Å².